The fraction of sp³-hybridized carbons (Fsp3) is 0.231. The van der Waals surface area contributed by atoms with Gasteiger partial charge in [0, 0.05) is 10.6 Å². The lowest BCUT2D eigenvalue weighted by Crippen LogP contribution is -1.80. The van der Waals surface area contributed by atoms with Crippen molar-refractivity contribution < 1.29 is 0 Å². The third kappa shape index (κ3) is 1.85. The Balaban J connectivity index is 2.11. The van der Waals surface area contributed by atoms with E-state index < -0.39 is 0 Å². The smallest absolute Gasteiger partial charge is 0.178 e. The molecule has 0 aliphatic heterocycles. The van der Waals surface area contributed by atoms with Crippen molar-refractivity contribution in [1.29, 1.82) is 0 Å². The van der Waals surface area contributed by atoms with Gasteiger partial charge in [-0.15, -0.1) is 11.3 Å². The minimum Gasteiger partial charge on any atom is -0.336 e. The molecule has 0 aromatic carbocycles. The van der Waals surface area contributed by atoms with Crippen LogP contribution in [-0.2, 0) is 6.42 Å². The predicted octanol–water partition coefficient (Wildman–Crippen LogP) is 3.56. The largest absolute Gasteiger partial charge is 0.336 e. The number of aromatic amines is 1. The second kappa shape index (κ2) is 3.96. The minimum atomic E-state index is 0.798. The summed E-state index contributed by atoms with van der Waals surface area (Å²) in [6, 6.07) is 8.30. The van der Waals surface area contributed by atoms with Gasteiger partial charge in [0.05, 0.1) is 10.4 Å². The molecule has 0 fully saturated rings. The van der Waals surface area contributed by atoms with E-state index in [0.29, 0.717) is 0 Å². The minimum absolute atomic E-state index is 0.798. The number of hydrogen-bond donors (Lipinski definition) is 1. The van der Waals surface area contributed by atoms with E-state index in [4.69, 9.17) is 0 Å². The highest BCUT2D eigenvalue weighted by Gasteiger charge is 2.08. The van der Waals surface area contributed by atoms with Crippen molar-refractivity contribution in [2.75, 3.05) is 0 Å². The first kappa shape index (κ1) is 10.5. The van der Waals surface area contributed by atoms with Crippen LogP contribution in [0.1, 0.15) is 17.5 Å². The highest BCUT2D eigenvalue weighted by atomic mass is 32.1. The van der Waals surface area contributed by atoms with Crippen molar-refractivity contribution in [3.63, 3.8) is 0 Å². The zero-order valence-electron chi connectivity index (χ0n) is 9.82. The van der Waals surface area contributed by atoms with Gasteiger partial charge in [0.1, 0.15) is 0 Å². The van der Waals surface area contributed by atoms with E-state index in [-0.39, 0.29) is 0 Å². The lowest BCUT2D eigenvalue weighted by Gasteiger charge is -1.88. The summed E-state index contributed by atoms with van der Waals surface area (Å²) in [6.45, 7) is 4.15. The normalized spacial score (nSPS) is 11.2. The van der Waals surface area contributed by atoms with Crippen molar-refractivity contribution in [1.82, 2.24) is 15.0 Å². The molecule has 0 saturated carbocycles. The number of nitrogens with one attached hydrogen (secondary N) is 1. The Hall–Kier alpha value is -1.68. The first-order valence-corrected chi connectivity index (χ1v) is 6.50. The van der Waals surface area contributed by atoms with E-state index >= 15 is 0 Å². The second-order valence-electron chi connectivity index (χ2n) is 4.03. The van der Waals surface area contributed by atoms with Gasteiger partial charge in [-0.1, -0.05) is 6.92 Å². The molecule has 0 aliphatic rings. The van der Waals surface area contributed by atoms with E-state index in [9.17, 15) is 0 Å². The van der Waals surface area contributed by atoms with Gasteiger partial charge in [-0.25, -0.2) is 9.97 Å². The SMILES string of the molecule is CCc1ccc(-c2nc3nc(C)ccc3[nH]2)s1. The van der Waals surface area contributed by atoms with Crippen LogP contribution >= 0.6 is 11.3 Å². The summed E-state index contributed by atoms with van der Waals surface area (Å²) in [5.41, 5.74) is 2.79. The number of nitrogens with zero attached hydrogens (tertiary/aromatic N) is 2. The molecule has 3 rings (SSSR count). The molecule has 0 aliphatic carbocycles. The van der Waals surface area contributed by atoms with Crippen LogP contribution in [0, 0.1) is 6.92 Å². The molecule has 86 valence electrons. The van der Waals surface area contributed by atoms with Crippen LogP contribution in [0.15, 0.2) is 24.3 Å². The van der Waals surface area contributed by atoms with Crippen LogP contribution in [-0.4, -0.2) is 15.0 Å². The van der Waals surface area contributed by atoms with Crippen LogP contribution in [0.5, 0.6) is 0 Å². The van der Waals surface area contributed by atoms with Gasteiger partial charge in [0.25, 0.3) is 0 Å². The number of H-pyrrole nitrogens is 1. The number of rotatable bonds is 2. The Kier molecular flexibility index (Phi) is 2.44. The molecule has 0 atom stereocenters. The molecule has 17 heavy (non-hydrogen) atoms. The average molecular weight is 243 g/mol. The molecule has 3 nitrogen and oxygen atoms in total. The van der Waals surface area contributed by atoms with Crippen molar-refractivity contribution in [2.24, 2.45) is 0 Å². The van der Waals surface area contributed by atoms with Gasteiger partial charge in [-0.3, -0.25) is 0 Å². The van der Waals surface area contributed by atoms with Crippen LogP contribution in [0.25, 0.3) is 21.9 Å². The quantitative estimate of drug-likeness (QED) is 0.747. The molecule has 0 spiro atoms. The number of aryl methyl sites for hydroxylation is 2. The average Bonchev–Trinajstić information content (AvgIpc) is 2.93. The fourth-order valence-corrected chi connectivity index (χ4v) is 2.69. The lowest BCUT2D eigenvalue weighted by atomic mass is 10.3. The maximum Gasteiger partial charge on any atom is 0.178 e. The highest BCUT2D eigenvalue weighted by molar-refractivity contribution is 7.15. The van der Waals surface area contributed by atoms with Gasteiger partial charge >= 0.3 is 0 Å². The topological polar surface area (TPSA) is 41.6 Å². The van der Waals surface area contributed by atoms with Crippen LogP contribution in [0.4, 0.5) is 0 Å². The first-order chi connectivity index (χ1) is 8.26. The fourth-order valence-electron chi connectivity index (χ4n) is 1.80. The highest BCUT2D eigenvalue weighted by Crippen LogP contribution is 2.27. The zero-order chi connectivity index (χ0) is 11.8. The molecule has 0 bridgehead atoms. The summed E-state index contributed by atoms with van der Waals surface area (Å²) in [6.07, 6.45) is 1.07. The molecule has 3 aromatic heterocycles. The number of aromatic nitrogens is 3. The Morgan fingerprint density at radius 2 is 2.06 bits per heavy atom. The molecule has 1 N–H and O–H groups in total. The number of fused-ring (bicyclic) bond motifs is 1. The van der Waals surface area contributed by atoms with E-state index in [1.807, 2.05) is 19.1 Å². The van der Waals surface area contributed by atoms with Gasteiger partial charge in [0.2, 0.25) is 0 Å². The van der Waals surface area contributed by atoms with Crippen molar-refractivity contribution >= 4 is 22.5 Å². The molecule has 4 heteroatoms. The maximum atomic E-state index is 4.54. The standard InChI is InChI=1S/C13H13N3S/c1-3-9-5-7-11(17-9)13-15-10-6-4-8(2)14-12(10)16-13/h4-7H,3H2,1-2H3,(H,14,15,16). The molecule has 0 unspecified atom stereocenters. The molecular weight excluding hydrogens is 230 g/mol. The van der Waals surface area contributed by atoms with Gasteiger partial charge in [-0.2, -0.15) is 0 Å². The predicted molar refractivity (Wildman–Crippen MR) is 71.3 cm³/mol. The molecule has 0 saturated heterocycles. The summed E-state index contributed by atoms with van der Waals surface area (Å²) < 4.78 is 0. The van der Waals surface area contributed by atoms with Crippen LogP contribution in [0.3, 0.4) is 0 Å². The molecule has 3 heterocycles. The monoisotopic (exact) mass is 243 g/mol. The lowest BCUT2D eigenvalue weighted by molar-refractivity contribution is 1.19. The Bertz CT molecular complexity index is 666. The number of thiophene rings is 1. The number of pyridine rings is 1. The Morgan fingerprint density at radius 1 is 1.18 bits per heavy atom. The Labute approximate surface area is 104 Å². The van der Waals surface area contributed by atoms with E-state index in [0.717, 1.165) is 29.1 Å². The summed E-state index contributed by atoms with van der Waals surface area (Å²) in [5, 5.41) is 0. The van der Waals surface area contributed by atoms with E-state index in [2.05, 4.69) is 34.0 Å². The van der Waals surface area contributed by atoms with E-state index in [1.54, 1.807) is 11.3 Å². The number of hydrogen-bond acceptors (Lipinski definition) is 3. The van der Waals surface area contributed by atoms with Crippen LogP contribution < -0.4 is 0 Å². The Morgan fingerprint density at radius 3 is 2.82 bits per heavy atom. The third-order valence-electron chi connectivity index (χ3n) is 2.73. The van der Waals surface area contributed by atoms with Crippen molar-refractivity contribution in [3.8, 4) is 10.7 Å². The molecular formula is C13H13N3S. The summed E-state index contributed by atoms with van der Waals surface area (Å²) in [7, 11) is 0. The van der Waals surface area contributed by atoms with Gasteiger partial charge in [-0.05, 0) is 37.6 Å². The number of imidazole rings is 1. The molecule has 0 amide bonds. The second-order valence-corrected chi connectivity index (χ2v) is 5.20. The van der Waals surface area contributed by atoms with E-state index in [1.165, 1.54) is 9.75 Å². The molecule has 0 radical (unpaired) electrons. The van der Waals surface area contributed by atoms with Crippen molar-refractivity contribution in [2.45, 2.75) is 20.3 Å². The molecule has 3 aromatic rings. The van der Waals surface area contributed by atoms with Gasteiger partial charge in [0.15, 0.2) is 11.5 Å². The zero-order valence-corrected chi connectivity index (χ0v) is 10.6. The maximum absolute atomic E-state index is 4.54. The third-order valence-corrected chi connectivity index (χ3v) is 3.96. The van der Waals surface area contributed by atoms with Crippen molar-refractivity contribution in [3.05, 3.63) is 34.8 Å². The van der Waals surface area contributed by atoms with Crippen LogP contribution in [0.2, 0.25) is 0 Å². The first-order valence-electron chi connectivity index (χ1n) is 5.68. The summed E-state index contributed by atoms with van der Waals surface area (Å²) >= 11 is 1.78. The van der Waals surface area contributed by atoms with Gasteiger partial charge < -0.3 is 4.98 Å². The summed E-state index contributed by atoms with van der Waals surface area (Å²) in [5.74, 6) is 0.919. The summed E-state index contributed by atoms with van der Waals surface area (Å²) in [4.78, 5) is 14.8.